The average molecular weight is 268 g/mol. The first-order chi connectivity index (χ1) is 9.78. The number of aryl methyl sites for hydroxylation is 1. The second-order valence-corrected chi connectivity index (χ2v) is 4.53. The molecule has 0 radical (unpaired) electrons. The molecule has 0 unspecified atom stereocenters. The minimum absolute atomic E-state index is 0.717. The van der Waals surface area contributed by atoms with Crippen molar-refractivity contribution in [3.63, 3.8) is 0 Å². The highest BCUT2D eigenvalue weighted by Crippen LogP contribution is 2.46. The summed E-state index contributed by atoms with van der Waals surface area (Å²) in [6.07, 6.45) is 3.66. The smallest absolute Gasteiger partial charge is 0.172 e. The minimum Gasteiger partial charge on any atom is -0.450 e. The van der Waals surface area contributed by atoms with Gasteiger partial charge in [-0.3, -0.25) is 0 Å². The van der Waals surface area contributed by atoms with Crippen molar-refractivity contribution in [2.24, 2.45) is 0 Å². The number of ether oxygens (including phenoxy) is 2. The molecule has 1 heterocycles. The van der Waals surface area contributed by atoms with E-state index in [0.29, 0.717) is 0 Å². The third kappa shape index (κ3) is 2.28. The SMILES string of the molecule is CN/C=C\Nc1cc2c(cc1C)Oc1ccccc1O2. The maximum Gasteiger partial charge on any atom is 0.172 e. The lowest BCUT2D eigenvalue weighted by Crippen LogP contribution is -2.01. The Bertz CT molecular complexity index is 666. The van der Waals surface area contributed by atoms with Crippen LogP contribution in [0.5, 0.6) is 23.0 Å². The summed E-state index contributed by atoms with van der Waals surface area (Å²) >= 11 is 0. The maximum atomic E-state index is 5.87. The molecule has 1 aliphatic heterocycles. The second kappa shape index (κ2) is 5.17. The van der Waals surface area contributed by atoms with Crippen molar-refractivity contribution in [3.05, 3.63) is 54.4 Å². The van der Waals surface area contributed by atoms with E-state index in [0.717, 1.165) is 34.2 Å². The first-order valence-electron chi connectivity index (χ1n) is 6.46. The van der Waals surface area contributed by atoms with Crippen LogP contribution in [-0.4, -0.2) is 7.05 Å². The number of fused-ring (bicyclic) bond motifs is 2. The molecule has 20 heavy (non-hydrogen) atoms. The van der Waals surface area contributed by atoms with Crippen LogP contribution in [0.25, 0.3) is 0 Å². The van der Waals surface area contributed by atoms with Crippen LogP contribution in [0.2, 0.25) is 0 Å². The third-order valence-corrected chi connectivity index (χ3v) is 3.07. The quantitative estimate of drug-likeness (QED) is 0.753. The van der Waals surface area contributed by atoms with E-state index >= 15 is 0 Å². The molecule has 0 saturated heterocycles. The van der Waals surface area contributed by atoms with E-state index in [4.69, 9.17) is 9.47 Å². The van der Waals surface area contributed by atoms with Crippen LogP contribution in [-0.2, 0) is 0 Å². The molecule has 0 fully saturated rings. The Morgan fingerprint density at radius 1 is 0.900 bits per heavy atom. The molecular formula is C16H16N2O2. The highest BCUT2D eigenvalue weighted by molar-refractivity contribution is 5.64. The third-order valence-electron chi connectivity index (χ3n) is 3.07. The van der Waals surface area contributed by atoms with E-state index in [1.807, 2.05) is 62.8 Å². The number of hydrogen-bond acceptors (Lipinski definition) is 4. The monoisotopic (exact) mass is 268 g/mol. The van der Waals surface area contributed by atoms with Gasteiger partial charge < -0.3 is 20.1 Å². The van der Waals surface area contributed by atoms with Crippen molar-refractivity contribution in [1.29, 1.82) is 0 Å². The van der Waals surface area contributed by atoms with Crippen LogP contribution in [0.15, 0.2) is 48.8 Å². The van der Waals surface area contributed by atoms with E-state index in [2.05, 4.69) is 10.6 Å². The highest BCUT2D eigenvalue weighted by atomic mass is 16.6. The summed E-state index contributed by atoms with van der Waals surface area (Å²) in [5.41, 5.74) is 2.07. The van der Waals surface area contributed by atoms with Crippen molar-refractivity contribution < 1.29 is 9.47 Å². The minimum atomic E-state index is 0.717. The standard InChI is InChI=1S/C16H16N2O2/c1-11-9-15-16(10-12(11)18-8-7-17-2)20-14-6-4-3-5-13(14)19-15/h3-10,17-18H,1-2H3/b8-7-. The summed E-state index contributed by atoms with van der Waals surface area (Å²) in [6.45, 7) is 2.03. The molecule has 0 saturated carbocycles. The molecule has 0 atom stereocenters. The van der Waals surface area contributed by atoms with Gasteiger partial charge in [0.05, 0.1) is 0 Å². The van der Waals surface area contributed by atoms with Gasteiger partial charge in [0.15, 0.2) is 23.0 Å². The first kappa shape index (κ1) is 12.4. The van der Waals surface area contributed by atoms with E-state index in [1.54, 1.807) is 0 Å². The van der Waals surface area contributed by atoms with Crippen LogP contribution < -0.4 is 20.1 Å². The first-order valence-corrected chi connectivity index (χ1v) is 6.46. The Labute approximate surface area is 118 Å². The van der Waals surface area contributed by atoms with Gasteiger partial charge in [0, 0.05) is 31.2 Å². The van der Waals surface area contributed by atoms with Gasteiger partial charge in [-0.15, -0.1) is 0 Å². The Morgan fingerprint density at radius 3 is 2.20 bits per heavy atom. The summed E-state index contributed by atoms with van der Waals surface area (Å²) in [6, 6.07) is 11.6. The van der Waals surface area contributed by atoms with Crippen molar-refractivity contribution in [3.8, 4) is 23.0 Å². The Morgan fingerprint density at radius 2 is 1.55 bits per heavy atom. The van der Waals surface area contributed by atoms with E-state index < -0.39 is 0 Å². The number of anilines is 1. The second-order valence-electron chi connectivity index (χ2n) is 4.53. The molecule has 2 aromatic carbocycles. The lowest BCUT2D eigenvalue weighted by molar-refractivity contribution is 0.359. The highest BCUT2D eigenvalue weighted by Gasteiger charge is 2.19. The molecule has 0 amide bonds. The van der Waals surface area contributed by atoms with Crippen LogP contribution >= 0.6 is 0 Å². The Hall–Kier alpha value is -2.62. The topological polar surface area (TPSA) is 42.5 Å². The maximum absolute atomic E-state index is 5.87. The zero-order valence-electron chi connectivity index (χ0n) is 11.4. The van der Waals surface area contributed by atoms with Crippen LogP contribution in [0.1, 0.15) is 5.56 Å². The van der Waals surface area contributed by atoms with Gasteiger partial charge in [0.25, 0.3) is 0 Å². The van der Waals surface area contributed by atoms with Gasteiger partial charge in [-0.2, -0.15) is 0 Å². The lowest BCUT2D eigenvalue weighted by atomic mass is 10.1. The van der Waals surface area contributed by atoms with Gasteiger partial charge in [0.1, 0.15) is 0 Å². The summed E-state index contributed by atoms with van der Waals surface area (Å²) in [4.78, 5) is 0. The molecule has 0 bridgehead atoms. The zero-order valence-corrected chi connectivity index (χ0v) is 11.4. The fourth-order valence-corrected chi connectivity index (χ4v) is 2.05. The number of benzene rings is 2. The molecule has 0 aromatic heterocycles. The predicted octanol–water partition coefficient (Wildman–Crippen LogP) is 4.00. The van der Waals surface area contributed by atoms with Crippen molar-refractivity contribution in [2.45, 2.75) is 6.92 Å². The van der Waals surface area contributed by atoms with Gasteiger partial charge >= 0.3 is 0 Å². The molecule has 0 spiro atoms. The molecule has 0 aliphatic carbocycles. The largest absolute Gasteiger partial charge is 0.450 e. The van der Waals surface area contributed by atoms with E-state index in [1.165, 1.54) is 0 Å². The number of nitrogens with one attached hydrogen (secondary N) is 2. The fourth-order valence-electron chi connectivity index (χ4n) is 2.05. The van der Waals surface area contributed by atoms with Gasteiger partial charge in [0.2, 0.25) is 0 Å². The van der Waals surface area contributed by atoms with Crippen molar-refractivity contribution in [1.82, 2.24) is 5.32 Å². The van der Waals surface area contributed by atoms with E-state index in [9.17, 15) is 0 Å². The predicted molar refractivity (Wildman–Crippen MR) is 79.6 cm³/mol. The Kier molecular flexibility index (Phi) is 3.21. The number of para-hydroxylation sites is 2. The van der Waals surface area contributed by atoms with Crippen LogP contribution in [0.3, 0.4) is 0 Å². The van der Waals surface area contributed by atoms with Gasteiger partial charge in [-0.05, 0) is 30.7 Å². The molecule has 2 aromatic rings. The van der Waals surface area contributed by atoms with Gasteiger partial charge in [-0.25, -0.2) is 0 Å². The molecule has 4 nitrogen and oxygen atoms in total. The Balaban J connectivity index is 1.92. The number of rotatable bonds is 3. The van der Waals surface area contributed by atoms with Crippen LogP contribution in [0.4, 0.5) is 5.69 Å². The molecule has 2 N–H and O–H groups in total. The summed E-state index contributed by atoms with van der Waals surface area (Å²) < 4.78 is 11.7. The fraction of sp³-hybridized carbons (Fsp3) is 0.125. The summed E-state index contributed by atoms with van der Waals surface area (Å²) in [5, 5.41) is 6.14. The normalized spacial score (nSPS) is 12.1. The zero-order chi connectivity index (χ0) is 13.9. The summed E-state index contributed by atoms with van der Waals surface area (Å²) in [5.74, 6) is 2.94. The summed E-state index contributed by atoms with van der Waals surface area (Å²) in [7, 11) is 1.85. The molecular weight excluding hydrogens is 252 g/mol. The van der Waals surface area contributed by atoms with Crippen LogP contribution in [0, 0.1) is 6.92 Å². The number of hydrogen-bond donors (Lipinski definition) is 2. The van der Waals surface area contributed by atoms with Crippen molar-refractivity contribution in [2.75, 3.05) is 12.4 Å². The van der Waals surface area contributed by atoms with Gasteiger partial charge in [-0.1, -0.05) is 12.1 Å². The molecule has 102 valence electrons. The molecule has 3 rings (SSSR count). The average Bonchev–Trinajstić information content (AvgIpc) is 2.46. The molecule has 1 aliphatic rings. The molecule has 4 heteroatoms. The van der Waals surface area contributed by atoms with Crippen molar-refractivity contribution >= 4 is 5.69 Å². The van der Waals surface area contributed by atoms with E-state index in [-0.39, 0.29) is 0 Å². The lowest BCUT2D eigenvalue weighted by Gasteiger charge is -2.22.